The summed E-state index contributed by atoms with van der Waals surface area (Å²) in [5.41, 5.74) is 0. The molecule has 0 aliphatic heterocycles. The molecule has 0 aromatic rings. The normalized spacial score (nSPS) is 12.3. The SMILES string of the molecule is CC(CCNC(=O)N(C)CCCN(C)C)C(=O)O. The third-order valence-electron chi connectivity index (χ3n) is 2.72. The van der Waals surface area contributed by atoms with Gasteiger partial charge < -0.3 is 20.2 Å². The molecule has 18 heavy (non-hydrogen) atoms. The van der Waals surface area contributed by atoms with Crippen LogP contribution in [0.2, 0.25) is 0 Å². The number of carbonyl (C=O) groups excluding carboxylic acids is 1. The molecule has 0 saturated heterocycles. The second-order valence-electron chi connectivity index (χ2n) is 4.84. The van der Waals surface area contributed by atoms with Crippen molar-refractivity contribution in [1.29, 1.82) is 0 Å². The Bertz CT molecular complexity index is 269. The van der Waals surface area contributed by atoms with Crippen LogP contribution in [-0.2, 0) is 4.79 Å². The summed E-state index contributed by atoms with van der Waals surface area (Å²) in [6.45, 7) is 3.66. The largest absolute Gasteiger partial charge is 0.481 e. The lowest BCUT2D eigenvalue weighted by Gasteiger charge is -2.19. The Kier molecular flexibility index (Phi) is 8.11. The molecule has 0 heterocycles. The fraction of sp³-hybridized carbons (Fsp3) is 0.833. The number of nitrogens with one attached hydrogen (secondary N) is 1. The van der Waals surface area contributed by atoms with E-state index >= 15 is 0 Å². The van der Waals surface area contributed by atoms with Gasteiger partial charge in [-0.3, -0.25) is 4.79 Å². The summed E-state index contributed by atoms with van der Waals surface area (Å²) in [5, 5.41) is 11.4. The van der Waals surface area contributed by atoms with Gasteiger partial charge in [-0.05, 0) is 33.5 Å². The lowest BCUT2D eigenvalue weighted by atomic mass is 10.1. The zero-order valence-corrected chi connectivity index (χ0v) is 11.8. The lowest BCUT2D eigenvalue weighted by molar-refractivity contribution is -0.141. The zero-order valence-electron chi connectivity index (χ0n) is 11.8. The molecule has 0 aliphatic carbocycles. The van der Waals surface area contributed by atoms with Crippen molar-refractivity contribution in [2.75, 3.05) is 40.8 Å². The van der Waals surface area contributed by atoms with E-state index in [1.54, 1.807) is 18.9 Å². The van der Waals surface area contributed by atoms with E-state index < -0.39 is 11.9 Å². The van der Waals surface area contributed by atoms with Crippen LogP contribution in [0.15, 0.2) is 0 Å². The number of rotatable bonds is 8. The number of aliphatic carboxylic acids is 1. The highest BCUT2D eigenvalue weighted by atomic mass is 16.4. The van der Waals surface area contributed by atoms with Crippen molar-refractivity contribution < 1.29 is 14.7 Å². The third-order valence-corrected chi connectivity index (χ3v) is 2.72. The Morgan fingerprint density at radius 1 is 1.22 bits per heavy atom. The predicted molar refractivity (Wildman–Crippen MR) is 70.6 cm³/mol. The van der Waals surface area contributed by atoms with Gasteiger partial charge in [0.25, 0.3) is 0 Å². The molecular formula is C12H25N3O3. The Labute approximate surface area is 109 Å². The molecule has 106 valence electrons. The first kappa shape index (κ1) is 16.7. The third kappa shape index (κ3) is 7.89. The summed E-state index contributed by atoms with van der Waals surface area (Å²) in [6, 6.07) is -0.147. The average molecular weight is 259 g/mol. The van der Waals surface area contributed by atoms with Crippen molar-refractivity contribution in [3.8, 4) is 0 Å². The van der Waals surface area contributed by atoms with Gasteiger partial charge >= 0.3 is 12.0 Å². The monoisotopic (exact) mass is 259 g/mol. The highest BCUT2D eigenvalue weighted by Gasteiger charge is 2.12. The first-order valence-electron chi connectivity index (χ1n) is 6.21. The topological polar surface area (TPSA) is 72.9 Å². The summed E-state index contributed by atoms with van der Waals surface area (Å²) in [6.07, 6.45) is 1.37. The van der Waals surface area contributed by atoms with E-state index in [0.717, 1.165) is 13.0 Å². The summed E-state index contributed by atoms with van der Waals surface area (Å²) >= 11 is 0. The summed E-state index contributed by atoms with van der Waals surface area (Å²) < 4.78 is 0. The minimum atomic E-state index is -0.830. The van der Waals surface area contributed by atoms with E-state index in [1.165, 1.54) is 0 Å². The molecule has 0 radical (unpaired) electrons. The van der Waals surface area contributed by atoms with E-state index in [4.69, 9.17) is 5.11 Å². The van der Waals surface area contributed by atoms with Gasteiger partial charge in [0.1, 0.15) is 0 Å². The molecule has 6 heteroatoms. The molecular weight excluding hydrogens is 234 g/mol. The maximum atomic E-state index is 11.6. The van der Waals surface area contributed by atoms with Crippen molar-refractivity contribution in [3.63, 3.8) is 0 Å². The second kappa shape index (κ2) is 8.74. The Hall–Kier alpha value is -1.30. The maximum absolute atomic E-state index is 11.6. The van der Waals surface area contributed by atoms with Gasteiger partial charge in [-0.2, -0.15) is 0 Å². The molecule has 0 saturated carbocycles. The molecule has 0 aliphatic rings. The van der Waals surface area contributed by atoms with E-state index in [2.05, 4.69) is 10.2 Å². The first-order chi connectivity index (χ1) is 8.34. The summed E-state index contributed by atoms with van der Waals surface area (Å²) in [7, 11) is 5.73. The minimum absolute atomic E-state index is 0.147. The number of urea groups is 1. The zero-order chi connectivity index (χ0) is 14.1. The smallest absolute Gasteiger partial charge is 0.317 e. The molecule has 0 rings (SSSR count). The van der Waals surface area contributed by atoms with Crippen molar-refractivity contribution in [3.05, 3.63) is 0 Å². The van der Waals surface area contributed by atoms with Gasteiger partial charge in [0.05, 0.1) is 5.92 Å². The van der Waals surface area contributed by atoms with Gasteiger partial charge in [-0.15, -0.1) is 0 Å². The van der Waals surface area contributed by atoms with Crippen LogP contribution >= 0.6 is 0 Å². The van der Waals surface area contributed by atoms with Crippen LogP contribution in [-0.4, -0.2) is 67.7 Å². The standard InChI is InChI=1S/C12H25N3O3/c1-10(11(16)17)6-7-13-12(18)15(4)9-5-8-14(2)3/h10H,5-9H2,1-4H3,(H,13,18)(H,16,17). The average Bonchev–Trinajstić information content (AvgIpc) is 2.27. The molecule has 2 amide bonds. The fourth-order valence-electron chi connectivity index (χ4n) is 1.38. The number of hydrogen-bond acceptors (Lipinski definition) is 3. The molecule has 6 nitrogen and oxygen atoms in total. The van der Waals surface area contributed by atoms with E-state index in [-0.39, 0.29) is 6.03 Å². The molecule has 1 atom stereocenters. The molecule has 0 bridgehead atoms. The number of carboxylic acids is 1. The van der Waals surface area contributed by atoms with E-state index in [0.29, 0.717) is 19.5 Å². The van der Waals surface area contributed by atoms with Crippen molar-refractivity contribution in [1.82, 2.24) is 15.1 Å². The van der Waals surface area contributed by atoms with Crippen molar-refractivity contribution in [2.45, 2.75) is 19.8 Å². The van der Waals surface area contributed by atoms with Gasteiger partial charge in [0.2, 0.25) is 0 Å². The van der Waals surface area contributed by atoms with Crippen molar-refractivity contribution in [2.24, 2.45) is 5.92 Å². The fourth-order valence-corrected chi connectivity index (χ4v) is 1.38. The predicted octanol–water partition coefficient (Wildman–Crippen LogP) is 0.690. The molecule has 0 aromatic heterocycles. The van der Waals surface area contributed by atoms with Gasteiger partial charge in [-0.1, -0.05) is 6.92 Å². The molecule has 0 spiro atoms. The first-order valence-corrected chi connectivity index (χ1v) is 6.21. The van der Waals surface area contributed by atoms with Gasteiger partial charge in [-0.25, -0.2) is 4.79 Å². The quantitative estimate of drug-likeness (QED) is 0.672. The van der Waals surface area contributed by atoms with Crippen LogP contribution in [0.4, 0.5) is 4.79 Å². The molecule has 0 fully saturated rings. The number of nitrogens with zero attached hydrogens (tertiary/aromatic N) is 2. The molecule has 2 N–H and O–H groups in total. The Morgan fingerprint density at radius 2 is 1.83 bits per heavy atom. The van der Waals surface area contributed by atoms with E-state index in [9.17, 15) is 9.59 Å². The Balaban J connectivity index is 3.71. The number of amides is 2. The molecule has 1 unspecified atom stereocenters. The van der Waals surface area contributed by atoms with E-state index in [1.807, 2.05) is 14.1 Å². The lowest BCUT2D eigenvalue weighted by Crippen LogP contribution is -2.39. The highest BCUT2D eigenvalue weighted by molar-refractivity contribution is 5.74. The van der Waals surface area contributed by atoms with Gasteiger partial charge in [0, 0.05) is 20.1 Å². The van der Waals surface area contributed by atoms with Crippen LogP contribution in [0.5, 0.6) is 0 Å². The van der Waals surface area contributed by atoms with Crippen LogP contribution in [0.3, 0.4) is 0 Å². The Morgan fingerprint density at radius 3 is 2.33 bits per heavy atom. The van der Waals surface area contributed by atoms with Gasteiger partial charge in [0.15, 0.2) is 0 Å². The van der Waals surface area contributed by atoms with Crippen LogP contribution in [0.1, 0.15) is 19.8 Å². The number of hydrogen-bond donors (Lipinski definition) is 2. The highest BCUT2D eigenvalue weighted by Crippen LogP contribution is 2.00. The summed E-state index contributed by atoms with van der Waals surface area (Å²) in [5.74, 6) is -1.26. The van der Waals surface area contributed by atoms with Crippen molar-refractivity contribution >= 4 is 12.0 Å². The van der Waals surface area contributed by atoms with Crippen LogP contribution in [0.25, 0.3) is 0 Å². The van der Waals surface area contributed by atoms with Crippen LogP contribution in [0, 0.1) is 5.92 Å². The minimum Gasteiger partial charge on any atom is -0.481 e. The summed E-state index contributed by atoms with van der Waals surface area (Å²) in [4.78, 5) is 25.9. The number of carboxylic acid groups (broad SMARTS) is 1. The number of carbonyl (C=O) groups is 2. The van der Waals surface area contributed by atoms with Crippen LogP contribution < -0.4 is 5.32 Å². The second-order valence-corrected chi connectivity index (χ2v) is 4.84. The maximum Gasteiger partial charge on any atom is 0.317 e. The molecule has 0 aromatic carbocycles.